The van der Waals surface area contributed by atoms with Gasteiger partial charge in [-0.2, -0.15) is 5.10 Å². The fourth-order valence-corrected chi connectivity index (χ4v) is 3.18. The molecule has 2 heterocycles. The quantitative estimate of drug-likeness (QED) is 0.577. The number of para-hydroxylation sites is 2. The van der Waals surface area contributed by atoms with Gasteiger partial charge in [0.25, 0.3) is 0 Å². The smallest absolute Gasteiger partial charge is 0.244 e. The van der Waals surface area contributed by atoms with Gasteiger partial charge in [0, 0.05) is 31.1 Å². The number of imidazole rings is 1. The highest BCUT2D eigenvalue weighted by atomic mass is 35.5. The number of hydrogen-bond donors (Lipinski definition) is 2. The highest BCUT2D eigenvalue weighted by molar-refractivity contribution is 6.31. The van der Waals surface area contributed by atoms with Gasteiger partial charge in [0.05, 0.1) is 16.7 Å². The molecule has 0 aliphatic heterocycles. The molecule has 0 radical (unpaired) electrons. The van der Waals surface area contributed by atoms with Crippen molar-refractivity contribution in [2.45, 2.75) is 39.7 Å². The Morgan fingerprint density at radius 2 is 2.19 bits per heavy atom. The number of H-pyrrole nitrogens is 1. The van der Waals surface area contributed by atoms with E-state index in [2.05, 4.69) is 27.3 Å². The zero-order chi connectivity index (χ0) is 19.2. The van der Waals surface area contributed by atoms with E-state index in [4.69, 9.17) is 11.6 Å². The average molecular weight is 386 g/mol. The maximum absolute atomic E-state index is 12.1. The first-order valence-corrected chi connectivity index (χ1v) is 9.58. The van der Waals surface area contributed by atoms with E-state index in [1.54, 1.807) is 10.8 Å². The van der Waals surface area contributed by atoms with E-state index in [0.717, 1.165) is 47.5 Å². The van der Waals surface area contributed by atoms with Crippen LogP contribution >= 0.6 is 11.6 Å². The molecule has 1 aromatic carbocycles. The Morgan fingerprint density at radius 3 is 2.96 bits per heavy atom. The van der Waals surface area contributed by atoms with Crippen molar-refractivity contribution in [3.05, 3.63) is 52.6 Å². The molecular weight excluding hydrogens is 362 g/mol. The van der Waals surface area contributed by atoms with Gasteiger partial charge in [0.1, 0.15) is 11.0 Å². The summed E-state index contributed by atoms with van der Waals surface area (Å²) in [7, 11) is 0. The molecule has 3 rings (SSSR count). The van der Waals surface area contributed by atoms with Gasteiger partial charge in [-0.1, -0.05) is 37.1 Å². The first-order chi connectivity index (χ1) is 13.1. The summed E-state index contributed by atoms with van der Waals surface area (Å²) in [5, 5.41) is 7.88. The third kappa shape index (κ3) is 4.77. The Labute approximate surface area is 163 Å². The lowest BCUT2D eigenvalue weighted by Crippen LogP contribution is -2.23. The number of carbonyl (C=O) groups excluding carboxylic acids is 1. The van der Waals surface area contributed by atoms with Crippen molar-refractivity contribution in [3.63, 3.8) is 0 Å². The molecule has 0 atom stereocenters. The molecule has 0 bridgehead atoms. The topological polar surface area (TPSA) is 75.6 Å². The molecule has 2 N–H and O–H groups in total. The van der Waals surface area contributed by atoms with Crippen molar-refractivity contribution in [1.29, 1.82) is 0 Å². The predicted molar refractivity (Wildman–Crippen MR) is 109 cm³/mol. The molecule has 0 fully saturated rings. The van der Waals surface area contributed by atoms with Crippen LogP contribution in [0.2, 0.25) is 5.15 Å². The number of halogens is 1. The number of fused-ring (bicyclic) bond motifs is 1. The summed E-state index contributed by atoms with van der Waals surface area (Å²) in [6.45, 7) is 5.31. The van der Waals surface area contributed by atoms with Crippen molar-refractivity contribution >= 4 is 34.6 Å². The SMILES string of the molecule is CCCCn1nc(C)c(/C=C/C(=O)NCCc2nc3ccccc3[nH]2)c1Cl. The molecule has 2 aromatic heterocycles. The molecule has 0 saturated heterocycles. The molecule has 3 aromatic rings. The molecule has 142 valence electrons. The second-order valence-electron chi connectivity index (χ2n) is 6.44. The number of benzene rings is 1. The molecule has 7 heteroatoms. The van der Waals surface area contributed by atoms with E-state index in [9.17, 15) is 4.79 Å². The number of hydrogen-bond acceptors (Lipinski definition) is 3. The van der Waals surface area contributed by atoms with Gasteiger partial charge in [-0.15, -0.1) is 0 Å². The summed E-state index contributed by atoms with van der Waals surface area (Å²) >= 11 is 6.38. The van der Waals surface area contributed by atoms with Crippen LogP contribution in [0.15, 0.2) is 30.3 Å². The Morgan fingerprint density at radius 1 is 1.37 bits per heavy atom. The van der Waals surface area contributed by atoms with Crippen LogP contribution in [0.3, 0.4) is 0 Å². The lowest BCUT2D eigenvalue weighted by atomic mass is 10.2. The Balaban J connectivity index is 1.53. The monoisotopic (exact) mass is 385 g/mol. The summed E-state index contributed by atoms with van der Waals surface area (Å²) in [4.78, 5) is 19.8. The summed E-state index contributed by atoms with van der Waals surface area (Å²) in [6.07, 6.45) is 5.96. The fourth-order valence-electron chi connectivity index (χ4n) is 2.86. The largest absolute Gasteiger partial charge is 0.352 e. The van der Waals surface area contributed by atoms with Gasteiger partial charge >= 0.3 is 0 Å². The zero-order valence-corrected chi connectivity index (χ0v) is 16.4. The maximum atomic E-state index is 12.1. The lowest BCUT2D eigenvalue weighted by Gasteiger charge is -2.01. The van der Waals surface area contributed by atoms with E-state index in [1.807, 2.05) is 31.2 Å². The maximum Gasteiger partial charge on any atom is 0.244 e. The van der Waals surface area contributed by atoms with Crippen LogP contribution in [0.4, 0.5) is 0 Å². The van der Waals surface area contributed by atoms with E-state index in [1.165, 1.54) is 6.08 Å². The highest BCUT2D eigenvalue weighted by Crippen LogP contribution is 2.21. The van der Waals surface area contributed by atoms with Crippen LogP contribution in [0, 0.1) is 6.92 Å². The number of carbonyl (C=O) groups is 1. The molecule has 1 amide bonds. The second kappa shape index (κ2) is 8.86. The van der Waals surface area contributed by atoms with Crippen LogP contribution < -0.4 is 5.32 Å². The van der Waals surface area contributed by atoms with Gasteiger partial charge in [-0.3, -0.25) is 9.48 Å². The number of nitrogens with one attached hydrogen (secondary N) is 2. The van der Waals surface area contributed by atoms with Gasteiger partial charge < -0.3 is 10.3 Å². The molecule has 0 spiro atoms. The molecule has 27 heavy (non-hydrogen) atoms. The van der Waals surface area contributed by atoms with Crippen LogP contribution in [0.1, 0.15) is 36.8 Å². The van der Waals surface area contributed by atoms with Gasteiger partial charge in [0.15, 0.2) is 0 Å². The molecule has 0 unspecified atom stereocenters. The normalized spacial score (nSPS) is 11.5. The molecule has 0 aliphatic carbocycles. The van der Waals surface area contributed by atoms with Crippen molar-refractivity contribution in [2.75, 3.05) is 6.54 Å². The first-order valence-electron chi connectivity index (χ1n) is 9.21. The number of rotatable bonds is 8. The van der Waals surface area contributed by atoms with E-state index in [0.29, 0.717) is 18.1 Å². The molecule has 6 nitrogen and oxygen atoms in total. The van der Waals surface area contributed by atoms with Gasteiger partial charge in [-0.25, -0.2) is 4.98 Å². The average Bonchev–Trinajstić information content (AvgIpc) is 3.18. The van der Waals surface area contributed by atoms with Gasteiger partial charge in [0.2, 0.25) is 5.91 Å². The third-order valence-corrected chi connectivity index (χ3v) is 4.73. The summed E-state index contributed by atoms with van der Waals surface area (Å²) < 4.78 is 1.79. The van der Waals surface area contributed by atoms with Crippen LogP contribution in [-0.2, 0) is 17.8 Å². The van der Waals surface area contributed by atoms with Crippen molar-refractivity contribution < 1.29 is 4.79 Å². The molecule has 0 aliphatic rings. The number of aromatic nitrogens is 4. The Kier molecular flexibility index (Phi) is 6.29. The number of amides is 1. The summed E-state index contributed by atoms with van der Waals surface area (Å²) in [5.41, 5.74) is 3.55. The fraction of sp³-hybridized carbons (Fsp3) is 0.350. The van der Waals surface area contributed by atoms with Crippen molar-refractivity contribution in [2.24, 2.45) is 0 Å². The number of aryl methyl sites for hydroxylation is 2. The Bertz CT molecular complexity index is 924. The summed E-state index contributed by atoms with van der Waals surface area (Å²) in [6, 6.07) is 7.87. The minimum absolute atomic E-state index is 0.164. The second-order valence-corrected chi connectivity index (χ2v) is 6.80. The molecule has 0 saturated carbocycles. The lowest BCUT2D eigenvalue weighted by molar-refractivity contribution is -0.116. The number of unbranched alkanes of at least 4 members (excludes halogenated alkanes) is 1. The number of nitrogens with zero attached hydrogens (tertiary/aromatic N) is 3. The minimum atomic E-state index is -0.164. The summed E-state index contributed by atoms with van der Waals surface area (Å²) in [5.74, 6) is 0.694. The van der Waals surface area contributed by atoms with Gasteiger partial charge in [-0.05, 0) is 31.6 Å². The standard InChI is InChI=1S/C20H24ClN5O/c1-3-4-13-26-20(21)15(14(2)25-26)9-10-19(27)22-12-11-18-23-16-7-5-6-8-17(16)24-18/h5-10H,3-4,11-13H2,1-2H3,(H,22,27)(H,23,24)/b10-9+. The third-order valence-electron chi connectivity index (χ3n) is 4.33. The van der Waals surface area contributed by atoms with Crippen LogP contribution in [0.5, 0.6) is 0 Å². The van der Waals surface area contributed by atoms with Crippen molar-refractivity contribution in [3.8, 4) is 0 Å². The Hall–Kier alpha value is -2.60. The van der Waals surface area contributed by atoms with Crippen molar-refractivity contribution in [1.82, 2.24) is 25.1 Å². The minimum Gasteiger partial charge on any atom is -0.352 e. The number of aromatic amines is 1. The van der Waals surface area contributed by atoms with Crippen LogP contribution in [-0.4, -0.2) is 32.2 Å². The van der Waals surface area contributed by atoms with E-state index < -0.39 is 0 Å². The molecular formula is C20H24ClN5O. The highest BCUT2D eigenvalue weighted by Gasteiger charge is 2.11. The van der Waals surface area contributed by atoms with E-state index in [-0.39, 0.29) is 5.91 Å². The first kappa shape index (κ1) is 19.2. The van der Waals surface area contributed by atoms with Crippen LogP contribution in [0.25, 0.3) is 17.1 Å². The predicted octanol–water partition coefficient (Wildman–Crippen LogP) is 3.89. The zero-order valence-electron chi connectivity index (χ0n) is 15.6. The van der Waals surface area contributed by atoms with E-state index >= 15 is 0 Å².